The number of amides is 1. The Balaban J connectivity index is 0.000000614. The number of halogens is 1. The third kappa shape index (κ3) is 4.33. The monoisotopic (exact) mass is 379 g/mol. The van der Waals surface area contributed by atoms with E-state index in [0.717, 1.165) is 31.2 Å². The number of fused-ring (bicyclic) bond motifs is 2. The summed E-state index contributed by atoms with van der Waals surface area (Å²) in [5, 5.41) is 8.75. The van der Waals surface area contributed by atoms with E-state index in [1.54, 1.807) is 11.5 Å². The van der Waals surface area contributed by atoms with Crippen LogP contribution < -0.4 is 5.48 Å². The van der Waals surface area contributed by atoms with Gasteiger partial charge in [0.15, 0.2) is 0 Å². The average Bonchev–Trinajstić information content (AvgIpc) is 3.15. The van der Waals surface area contributed by atoms with E-state index < -0.39 is 5.91 Å². The summed E-state index contributed by atoms with van der Waals surface area (Å²) in [6, 6.07) is 3.67. The van der Waals surface area contributed by atoms with Crippen LogP contribution >= 0.6 is 0 Å². The minimum absolute atomic E-state index is 0.174. The number of nitrogens with zero attached hydrogens (tertiary/aromatic N) is 2. The maximum absolute atomic E-state index is 14.2. The Labute approximate surface area is 162 Å². The lowest BCUT2D eigenvalue weighted by Gasteiger charge is -2.42. The molecule has 5 nitrogen and oxygen atoms in total. The number of carbonyl (C=O) groups is 1. The number of carbonyl (C=O) groups excluding carboxylic acids is 1. The van der Waals surface area contributed by atoms with E-state index in [9.17, 15) is 9.18 Å². The molecule has 3 fully saturated rings. The van der Waals surface area contributed by atoms with Gasteiger partial charge in [0, 0.05) is 37.8 Å². The highest BCUT2D eigenvalue weighted by atomic mass is 19.1. The van der Waals surface area contributed by atoms with Gasteiger partial charge in [-0.1, -0.05) is 27.7 Å². The zero-order valence-electron chi connectivity index (χ0n) is 17.3. The van der Waals surface area contributed by atoms with Gasteiger partial charge in [-0.2, -0.15) is 0 Å². The molecular formula is C21H34FN3O2. The molecule has 0 aromatic heterocycles. The maximum atomic E-state index is 14.2. The Hall–Kier alpha value is -1.50. The molecule has 0 spiro atoms. The molecule has 4 aliphatic rings. The van der Waals surface area contributed by atoms with E-state index in [-0.39, 0.29) is 11.4 Å². The van der Waals surface area contributed by atoms with Gasteiger partial charge in [0.2, 0.25) is 0 Å². The van der Waals surface area contributed by atoms with E-state index >= 15 is 0 Å². The molecule has 0 radical (unpaired) electrons. The normalized spacial score (nSPS) is 26.0. The average molecular weight is 380 g/mol. The molecule has 0 atom stereocenters. The molecular weight excluding hydrogens is 345 g/mol. The molecule has 1 aromatic carbocycles. The Morgan fingerprint density at radius 3 is 2.52 bits per heavy atom. The quantitative estimate of drug-likeness (QED) is 0.624. The fourth-order valence-electron chi connectivity index (χ4n) is 4.73. The molecule has 2 N–H and O–H groups in total. The zero-order chi connectivity index (χ0) is 20.2. The molecule has 152 valence electrons. The van der Waals surface area contributed by atoms with E-state index in [0.29, 0.717) is 23.9 Å². The molecule has 6 heteroatoms. The van der Waals surface area contributed by atoms with Gasteiger partial charge < -0.3 is 4.90 Å². The summed E-state index contributed by atoms with van der Waals surface area (Å²) in [4.78, 5) is 16.4. The van der Waals surface area contributed by atoms with Crippen LogP contribution in [0.15, 0.2) is 12.1 Å². The number of hydrogen-bond donors (Lipinski definition) is 2. The van der Waals surface area contributed by atoms with Gasteiger partial charge in [0.25, 0.3) is 5.91 Å². The molecule has 0 unspecified atom stereocenters. The van der Waals surface area contributed by atoms with Gasteiger partial charge in [0.1, 0.15) is 5.82 Å². The smallest absolute Gasteiger partial charge is 0.274 e. The molecule has 3 heterocycles. The van der Waals surface area contributed by atoms with Crippen molar-refractivity contribution >= 4 is 5.91 Å². The Kier molecular flexibility index (Phi) is 7.37. The lowest BCUT2D eigenvalue weighted by atomic mass is 9.69. The fraction of sp³-hybridized carbons (Fsp3) is 0.667. The highest BCUT2D eigenvalue weighted by Crippen LogP contribution is 2.51. The van der Waals surface area contributed by atoms with Crippen LogP contribution in [0.1, 0.15) is 62.0 Å². The standard InChI is InChI=1S/C17H22FN3O2.2C2H6/c1-20-9-17(6-13(20)7-17)10-21-3-2-14-12(8-21)4-11(5-15(14)18)16(22)19-23;2*1-2/h4-5,13,23H,2-3,6-10H2,1H3,(H,19,22);2*1-2H3. The van der Waals surface area contributed by atoms with Gasteiger partial charge in [-0.3, -0.25) is 14.9 Å². The molecule has 1 aromatic rings. The summed E-state index contributed by atoms with van der Waals surface area (Å²) in [5.41, 5.74) is 3.74. The lowest BCUT2D eigenvalue weighted by Crippen LogP contribution is -2.45. The molecule has 1 saturated carbocycles. The van der Waals surface area contributed by atoms with Crippen molar-refractivity contribution in [3.8, 4) is 0 Å². The van der Waals surface area contributed by atoms with Crippen molar-refractivity contribution in [2.24, 2.45) is 5.41 Å². The van der Waals surface area contributed by atoms with Crippen molar-refractivity contribution in [2.75, 3.05) is 26.7 Å². The fourth-order valence-corrected chi connectivity index (χ4v) is 4.73. The third-order valence-electron chi connectivity index (χ3n) is 5.83. The van der Waals surface area contributed by atoms with Gasteiger partial charge >= 0.3 is 0 Å². The van der Waals surface area contributed by atoms with Crippen LogP contribution in [0.3, 0.4) is 0 Å². The highest BCUT2D eigenvalue weighted by Gasteiger charge is 2.54. The first kappa shape index (κ1) is 21.8. The van der Waals surface area contributed by atoms with Crippen LogP contribution in [0.4, 0.5) is 4.39 Å². The number of hydroxylamine groups is 1. The number of nitrogens with one attached hydrogen (secondary N) is 1. The van der Waals surface area contributed by atoms with Crippen molar-refractivity contribution in [1.82, 2.24) is 15.3 Å². The maximum Gasteiger partial charge on any atom is 0.274 e. The van der Waals surface area contributed by atoms with Crippen molar-refractivity contribution in [3.63, 3.8) is 0 Å². The predicted octanol–water partition coefficient (Wildman–Crippen LogP) is 3.45. The lowest BCUT2D eigenvalue weighted by molar-refractivity contribution is 0.0705. The molecule has 2 bridgehead atoms. The number of benzene rings is 1. The molecule has 2 saturated heterocycles. The largest absolute Gasteiger partial charge is 0.303 e. The molecule has 5 rings (SSSR count). The van der Waals surface area contributed by atoms with Crippen molar-refractivity contribution in [1.29, 1.82) is 0 Å². The van der Waals surface area contributed by atoms with Crippen LogP contribution in [0.2, 0.25) is 0 Å². The molecule has 1 amide bonds. The summed E-state index contributed by atoms with van der Waals surface area (Å²) >= 11 is 0. The second-order valence-electron chi connectivity index (χ2n) is 7.47. The second kappa shape index (κ2) is 9.13. The summed E-state index contributed by atoms with van der Waals surface area (Å²) in [7, 11) is 2.19. The molecule has 3 aliphatic heterocycles. The van der Waals surface area contributed by atoms with Crippen molar-refractivity contribution in [3.05, 3.63) is 34.6 Å². The summed E-state index contributed by atoms with van der Waals surface area (Å²) in [6.45, 7) is 11.7. The number of rotatable bonds is 3. The van der Waals surface area contributed by atoms with Crippen LogP contribution in [0.5, 0.6) is 0 Å². The van der Waals surface area contributed by atoms with Crippen LogP contribution in [-0.2, 0) is 13.0 Å². The minimum Gasteiger partial charge on any atom is -0.303 e. The second-order valence-corrected chi connectivity index (χ2v) is 7.47. The highest BCUT2D eigenvalue weighted by molar-refractivity contribution is 5.93. The Bertz CT molecular complexity index is 659. The van der Waals surface area contributed by atoms with Gasteiger partial charge in [-0.05, 0) is 55.0 Å². The van der Waals surface area contributed by atoms with Gasteiger partial charge in [-0.15, -0.1) is 0 Å². The minimum atomic E-state index is -0.665. The molecule has 1 aliphatic carbocycles. The van der Waals surface area contributed by atoms with Gasteiger partial charge in [0.05, 0.1) is 0 Å². The number of hydrogen-bond acceptors (Lipinski definition) is 4. The molecule has 27 heavy (non-hydrogen) atoms. The predicted molar refractivity (Wildman–Crippen MR) is 105 cm³/mol. The first-order chi connectivity index (χ1) is 13.0. The van der Waals surface area contributed by atoms with Crippen molar-refractivity contribution in [2.45, 2.75) is 59.5 Å². The Morgan fingerprint density at radius 2 is 1.96 bits per heavy atom. The first-order valence-corrected chi connectivity index (χ1v) is 10.2. The van der Waals surface area contributed by atoms with E-state index in [1.807, 2.05) is 27.7 Å². The zero-order valence-corrected chi connectivity index (χ0v) is 17.3. The Morgan fingerprint density at radius 1 is 1.30 bits per heavy atom. The first-order valence-electron chi connectivity index (χ1n) is 10.2. The van der Waals surface area contributed by atoms with E-state index in [2.05, 4.69) is 16.8 Å². The van der Waals surface area contributed by atoms with Crippen LogP contribution in [0.25, 0.3) is 0 Å². The third-order valence-corrected chi connectivity index (χ3v) is 5.83. The van der Waals surface area contributed by atoms with E-state index in [1.165, 1.54) is 18.9 Å². The summed E-state index contributed by atoms with van der Waals surface area (Å²) in [6.07, 6.45) is 3.22. The topological polar surface area (TPSA) is 55.8 Å². The summed E-state index contributed by atoms with van der Waals surface area (Å²) in [5.74, 6) is -1.01. The van der Waals surface area contributed by atoms with Crippen LogP contribution in [-0.4, -0.2) is 53.6 Å². The van der Waals surface area contributed by atoms with Gasteiger partial charge in [-0.25, -0.2) is 9.87 Å². The summed E-state index contributed by atoms with van der Waals surface area (Å²) < 4.78 is 14.2. The van der Waals surface area contributed by atoms with E-state index in [4.69, 9.17) is 5.21 Å². The van der Waals surface area contributed by atoms with Crippen LogP contribution in [0, 0.1) is 11.2 Å². The van der Waals surface area contributed by atoms with Crippen molar-refractivity contribution < 1.29 is 14.4 Å². The SMILES string of the molecule is CC.CC.CN1CC2(CN3CCc4c(F)cc(C(=O)NO)cc4C3)CC1C2.